The molecule has 2 N–H and O–H groups in total. The highest BCUT2D eigenvalue weighted by Gasteiger charge is 2.26. The molecule has 0 aliphatic rings. The number of benzene rings is 1. The number of methoxy groups -OCH3 is 1. The minimum absolute atomic E-state index is 0.481. The number of aliphatic hydroxyl groups excluding tert-OH is 2. The molecule has 0 fully saturated rings. The number of hydrogen-bond acceptors (Lipinski definition) is 4. The van der Waals surface area contributed by atoms with Crippen LogP contribution in [0.25, 0.3) is 0 Å². The van der Waals surface area contributed by atoms with Crippen molar-refractivity contribution in [2.24, 2.45) is 0 Å². The van der Waals surface area contributed by atoms with Crippen LogP contribution in [0.1, 0.15) is 17.2 Å². The Morgan fingerprint density at radius 1 is 1.50 bits per heavy atom. The fourth-order valence-electron chi connectivity index (χ4n) is 1.29. The van der Waals surface area contributed by atoms with E-state index in [-0.39, 0.29) is 0 Å². The van der Waals surface area contributed by atoms with Crippen LogP contribution in [0.5, 0.6) is 0 Å². The number of alkyl halides is 1. The first-order chi connectivity index (χ1) is 7.60. The molecule has 2 unspecified atom stereocenters. The lowest BCUT2D eigenvalue weighted by molar-refractivity contribution is -0.156. The van der Waals surface area contributed by atoms with E-state index in [1.165, 1.54) is 0 Å². The molecule has 0 aromatic heterocycles. The van der Waals surface area contributed by atoms with Gasteiger partial charge in [-0.05, 0) is 11.1 Å². The lowest BCUT2D eigenvalue weighted by Crippen LogP contribution is -2.29. The average molecular weight is 289 g/mol. The van der Waals surface area contributed by atoms with E-state index in [1.807, 2.05) is 6.07 Å². The molecule has 4 nitrogen and oxygen atoms in total. The molecule has 0 aliphatic heterocycles. The zero-order valence-electron chi connectivity index (χ0n) is 8.76. The monoisotopic (exact) mass is 288 g/mol. The number of rotatable bonds is 4. The van der Waals surface area contributed by atoms with Crippen molar-refractivity contribution in [3.8, 4) is 0 Å². The minimum atomic E-state index is -1.56. The third-order valence-electron chi connectivity index (χ3n) is 2.19. The summed E-state index contributed by atoms with van der Waals surface area (Å²) >= 11 is 3.28. The van der Waals surface area contributed by atoms with Crippen LogP contribution in [-0.2, 0) is 14.9 Å². The van der Waals surface area contributed by atoms with Crippen LogP contribution in [-0.4, -0.2) is 29.4 Å². The zero-order valence-corrected chi connectivity index (χ0v) is 10.3. The maximum atomic E-state index is 11.0. The van der Waals surface area contributed by atoms with E-state index in [2.05, 4.69) is 20.7 Å². The predicted octanol–water partition coefficient (Wildman–Crippen LogP) is 1.15. The fraction of sp³-hybridized carbons (Fsp3) is 0.364. The first-order valence-corrected chi connectivity index (χ1v) is 5.81. The zero-order chi connectivity index (χ0) is 12.1. The highest BCUT2D eigenvalue weighted by molar-refractivity contribution is 9.08. The Morgan fingerprint density at radius 2 is 2.19 bits per heavy atom. The van der Waals surface area contributed by atoms with Gasteiger partial charge in [-0.1, -0.05) is 40.2 Å². The number of halogens is 1. The molecule has 0 heterocycles. The molecular weight excluding hydrogens is 276 g/mol. The first-order valence-electron chi connectivity index (χ1n) is 4.69. The summed E-state index contributed by atoms with van der Waals surface area (Å²) in [6.07, 6.45) is -2.83. The van der Waals surface area contributed by atoms with Gasteiger partial charge in [0.2, 0.25) is 0 Å². The van der Waals surface area contributed by atoms with Gasteiger partial charge in [-0.2, -0.15) is 0 Å². The molecule has 0 bridgehead atoms. The molecule has 0 aliphatic carbocycles. The van der Waals surface area contributed by atoms with E-state index in [0.29, 0.717) is 10.9 Å². The van der Waals surface area contributed by atoms with Crippen LogP contribution in [0.3, 0.4) is 0 Å². The van der Waals surface area contributed by atoms with E-state index in [9.17, 15) is 15.0 Å². The first kappa shape index (κ1) is 13.2. The van der Waals surface area contributed by atoms with Crippen LogP contribution in [0.2, 0.25) is 0 Å². The second-order valence-corrected chi connectivity index (χ2v) is 3.85. The normalized spacial score (nSPS) is 14.2. The van der Waals surface area contributed by atoms with Crippen LogP contribution < -0.4 is 0 Å². The molecule has 1 rings (SSSR count). The average Bonchev–Trinajstić information content (AvgIpc) is 2.36. The van der Waals surface area contributed by atoms with Gasteiger partial charge in [-0.3, -0.25) is 0 Å². The lowest BCUT2D eigenvalue weighted by Gasteiger charge is -2.16. The van der Waals surface area contributed by atoms with E-state index in [4.69, 9.17) is 0 Å². The van der Waals surface area contributed by atoms with Crippen molar-refractivity contribution in [1.29, 1.82) is 0 Å². The number of aliphatic hydroxyl groups is 2. The molecule has 16 heavy (non-hydrogen) atoms. The van der Waals surface area contributed by atoms with Gasteiger partial charge in [0.05, 0.1) is 7.11 Å². The minimum Gasteiger partial charge on any atom is -0.467 e. The maximum absolute atomic E-state index is 11.0. The third kappa shape index (κ3) is 3.04. The van der Waals surface area contributed by atoms with Crippen molar-refractivity contribution < 1.29 is 19.7 Å². The van der Waals surface area contributed by atoms with Crippen molar-refractivity contribution >= 4 is 21.9 Å². The maximum Gasteiger partial charge on any atom is 0.337 e. The topological polar surface area (TPSA) is 66.8 Å². The van der Waals surface area contributed by atoms with Crippen molar-refractivity contribution in [1.82, 2.24) is 0 Å². The summed E-state index contributed by atoms with van der Waals surface area (Å²) in [5.41, 5.74) is 1.43. The van der Waals surface area contributed by atoms with Gasteiger partial charge in [0.25, 0.3) is 0 Å². The second kappa shape index (κ2) is 5.98. The third-order valence-corrected chi connectivity index (χ3v) is 2.84. The van der Waals surface area contributed by atoms with Crippen LogP contribution >= 0.6 is 15.9 Å². The van der Waals surface area contributed by atoms with Crippen molar-refractivity contribution in [3.63, 3.8) is 0 Å². The quantitative estimate of drug-likeness (QED) is 0.644. The molecule has 2 atom stereocenters. The number of ether oxygens (including phenoxy) is 1. The molecule has 88 valence electrons. The molecule has 0 saturated heterocycles. The molecule has 0 spiro atoms. The van der Waals surface area contributed by atoms with E-state index in [0.717, 1.165) is 12.7 Å². The van der Waals surface area contributed by atoms with E-state index < -0.39 is 18.2 Å². The standard InChI is InChI=1S/C11H13BrO4/c1-16-11(15)10(14)9(13)8-4-2-3-7(5-8)6-12/h2-5,9-10,13-14H,6H2,1H3. The Balaban J connectivity index is 2.86. The number of carbonyl (C=O) groups is 1. The fourth-order valence-corrected chi connectivity index (χ4v) is 1.64. The summed E-state index contributed by atoms with van der Waals surface area (Å²) in [6, 6.07) is 6.98. The largest absolute Gasteiger partial charge is 0.467 e. The van der Waals surface area contributed by atoms with Gasteiger partial charge in [-0.25, -0.2) is 4.79 Å². The Morgan fingerprint density at radius 3 is 2.75 bits per heavy atom. The summed E-state index contributed by atoms with van der Waals surface area (Å²) in [6.45, 7) is 0. The van der Waals surface area contributed by atoms with Crippen molar-refractivity contribution in [2.75, 3.05) is 7.11 Å². The van der Waals surface area contributed by atoms with Crippen molar-refractivity contribution in [3.05, 3.63) is 35.4 Å². The highest BCUT2D eigenvalue weighted by Crippen LogP contribution is 2.19. The Kier molecular flexibility index (Phi) is 4.92. The number of carbonyl (C=O) groups excluding carboxylic acids is 1. The van der Waals surface area contributed by atoms with Crippen molar-refractivity contribution in [2.45, 2.75) is 17.5 Å². The SMILES string of the molecule is COC(=O)C(O)C(O)c1cccc(CBr)c1. The summed E-state index contributed by atoms with van der Waals surface area (Å²) in [7, 11) is 1.16. The molecule has 1 aromatic carbocycles. The highest BCUT2D eigenvalue weighted by atomic mass is 79.9. The van der Waals surface area contributed by atoms with Gasteiger partial charge in [0.1, 0.15) is 6.10 Å². The molecule has 0 radical (unpaired) electrons. The smallest absolute Gasteiger partial charge is 0.337 e. The van der Waals surface area contributed by atoms with Crippen LogP contribution in [0, 0.1) is 0 Å². The van der Waals surface area contributed by atoms with E-state index >= 15 is 0 Å². The molecular formula is C11H13BrO4. The number of hydrogen-bond donors (Lipinski definition) is 2. The predicted molar refractivity (Wildman–Crippen MR) is 62.1 cm³/mol. The summed E-state index contributed by atoms with van der Waals surface area (Å²) in [5, 5.41) is 19.9. The van der Waals surface area contributed by atoms with Gasteiger partial charge in [0.15, 0.2) is 6.10 Å². The van der Waals surface area contributed by atoms with Gasteiger partial charge >= 0.3 is 5.97 Å². The summed E-state index contributed by atoms with van der Waals surface area (Å²) in [5.74, 6) is -0.850. The Bertz CT molecular complexity index is 367. The second-order valence-electron chi connectivity index (χ2n) is 3.29. The van der Waals surface area contributed by atoms with Gasteiger partial charge in [0, 0.05) is 5.33 Å². The van der Waals surface area contributed by atoms with E-state index in [1.54, 1.807) is 18.2 Å². The summed E-state index contributed by atoms with van der Waals surface area (Å²) in [4.78, 5) is 11.0. The molecule has 0 saturated carbocycles. The van der Waals surface area contributed by atoms with Gasteiger partial charge < -0.3 is 14.9 Å². The van der Waals surface area contributed by atoms with Crippen LogP contribution in [0.4, 0.5) is 0 Å². The van der Waals surface area contributed by atoms with Crippen LogP contribution in [0.15, 0.2) is 24.3 Å². The molecule has 1 aromatic rings. The molecule has 5 heteroatoms. The summed E-state index contributed by atoms with van der Waals surface area (Å²) < 4.78 is 4.35. The molecule has 0 amide bonds. The Labute approximate surface area is 102 Å². The van der Waals surface area contributed by atoms with Gasteiger partial charge in [-0.15, -0.1) is 0 Å². The Hall–Kier alpha value is -0.910. The number of esters is 1. The lowest BCUT2D eigenvalue weighted by atomic mass is 10.0.